The van der Waals surface area contributed by atoms with E-state index in [9.17, 15) is 4.79 Å². The number of nitrogens with one attached hydrogen (secondary N) is 1. The number of carbonyl (C=O) groups excluding carboxylic acids is 1. The second-order valence-corrected chi connectivity index (χ2v) is 6.85. The molecule has 21 heavy (non-hydrogen) atoms. The molecule has 3 nitrogen and oxygen atoms in total. The van der Waals surface area contributed by atoms with Gasteiger partial charge < -0.3 is 10.2 Å². The molecule has 1 aromatic rings. The maximum Gasteiger partial charge on any atom is 0.254 e. The molecule has 4 atom stereocenters. The number of rotatable bonds is 1. The van der Waals surface area contributed by atoms with E-state index in [1.165, 1.54) is 0 Å². The Kier molecular flexibility index (Phi) is 4.12. The summed E-state index contributed by atoms with van der Waals surface area (Å²) in [4.78, 5) is 14.9. The summed E-state index contributed by atoms with van der Waals surface area (Å²) in [7, 11) is 0. The van der Waals surface area contributed by atoms with E-state index in [-0.39, 0.29) is 18.3 Å². The molecule has 1 N–H and O–H groups in total. The lowest BCUT2D eigenvalue weighted by atomic mass is 9.82. The number of hydrogen-bond donors (Lipinski definition) is 1. The molecule has 2 bridgehead atoms. The largest absolute Gasteiger partial charge is 0.332 e. The van der Waals surface area contributed by atoms with E-state index in [0.717, 1.165) is 25.9 Å². The normalized spacial score (nSPS) is 33.0. The number of fused-ring (bicyclic) bond motifs is 5. The van der Waals surface area contributed by atoms with Gasteiger partial charge in [0.15, 0.2) is 0 Å². The van der Waals surface area contributed by atoms with Crippen LogP contribution in [0.1, 0.15) is 23.2 Å². The van der Waals surface area contributed by atoms with Crippen LogP contribution in [0.25, 0.3) is 0 Å². The molecule has 3 saturated heterocycles. The molecule has 0 aromatic heterocycles. The summed E-state index contributed by atoms with van der Waals surface area (Å²) in [6, 6.07) is 5.99. The third-order valence-corrected chi connectivity index (χ3v) is 5.91. The molecule has 1 aromatic carbocycles. The summed E-state index contributed by atoms with van der Waals surface area (Å²) in [5.41, 5.74) is 0.657. The highest BCUT2D eigenvalue weighted by molar-refractivity contribution is 6.42. The van der Waals surface area contributed by atoms with Crippen LogP contribution in [0.2, 0.25) is 10.0 Å². The quantitative estimate of drug-likeness (QED) is 0.846. The van der Waals surface area contributed by atoms with Gasteiger partial charge in [-0.1, -0.05) is 23.2 Å². The van der Waals surface area contributed by atoms with Crippen molar-refractivity contribution >= 4 is 41.5 Å². The molecule has 0 saturated carbocycles. The van der Waals surface area contributed by atoms with Gasteiger partial charge in [-0.15, -0.1) is 12.4 Å². The third-order valence-electron chi connectivity index (χ3n) is 5.17. The van der Waals surface area contributed by atoms with Crippen molar-refractivity contribution in [3.8, 4) is 0 Å². The van der Waals surface area contributed by atoms with Gasteiger partial charge in [0, 0.05) is 30.7 Å². The molecule has 6 heteroatoms. The van der Waals surface area contributed by atoms with Crippen LogP contribution < -0.4 is 5.32 Å². The standard InChI is InChI=1S/C15H16Cl2N2O.ClH/c16-11-2-1-8(5-12(11)17)15(20)19-13-3-4-14(19)10-7-18-6-9(10)13;/h1-2,5,9-10,13-14,18H,3-4,6-7H2;1H/t9-,10+,13-,14+;. The molecule has 3 fully saturated rings. The molecule has 3 aliphatic heterocycles. The zero-order valence-electron chi connectivity index (χ0n) is 11.4. The van der Waals surface area contributed by atoms with E-state index in [4.69, 9.17) is 23.2 Å². The van der Waals surface area contributed by atoms with Crippen molar-refractivity contribution in [2.45, 2.75) is 24.9 Å². The highest BCUT2D eigenvalue weighted by Gasteiger charge is 2.56. The van der Waals surface area contributed by atoms with Gasteiger partial charge in [0.25, 0.3) is 5.91 Å². The first-order valence-electron chi connectivity index (χ1n) is 7.15. The average Bonchev–Trinajstić information content (AvgIpc) is 3.11. The number of nitrogens with zero attached hydrogens (tertiary/aromatic N) is 1. The minimum atomic E-state index is 0. The predicted molar refractivity (Wildman–Crippen MR) is 86.5 cm³/mol. The molecule has 0 radical (unpaired) electrons. The van der Waals surface area contributed by atoms with Gasteiger partial charge in [-0.2, -0.15) is 0 Å². The molecule has 1 amide bonds. The molecular weight excluding hydrogens is 331 g/mol. The molecule has 4 rings (SSSR count). The van der Waals surface area contributed by atoms with Gasteiger partial charge in [0.1, 0.15) is 0 Å². The van der Waals surface area contributed by atoms with E-state index in [1.54, 1.807) is 18.2 Å². The maximum atomic E-state index is 12.8. The fourth-order valence-corrected chi connectivity index (χ4v) is 4.65. The summed E-state index contributed by atoms with van der Waals surface area (Å²) in [5, 5.41) is 4.41. The maximum absolute atomic E-state index is 12.8. The van der Waals surface area contributed by atoms with Crippen molar-refractivity contribution in [1.29, 1.82) is 0 Å². The van der Waals surface area contributed by atoms with Crippen LogP contribution in [-0.2, 0) is 0 Å². The number of carbonyl (C=O) groups is 1. The van der Waals surface area contributed by atoms with Gasteiger partial charge in [0.05, 0.1) is 10.0 Å². The van der Waals surface area contributed by atoms with Gasteiger partial charge in [0.2, 0.25) is 0 Å². The molecule has 114 valence electrons. The minimum absolute atomic E-state index is 0. The molecule has 3 aliphatic rings. The van der Waals surface area contributed by atoms with Crippen LogP contribution in [-0.4, -0.2) is 36.0 Å². The van der Waals surface area contributed by atoms with E-state index in [1.807, 2.05) is 0 Å². The molecular formula is C15H17Cl3N2O. The fourth-order valence-electron chi connectivity index (χ4n) is 4.35. The van der Waals surface area contributed by atoms with Crippen molar-refractivity contribution in [2.75, 3.05) is 13.1 Å². The summed E-state index contributed by atoms with van der Waals surface area (Å²) in [5.74, 6) is 1.39. The van der Waals surface area contributed by atoms with Gasteiger partial charge in [-0.25, -0.2) is 0 Å². The van der Waals surface area contributed by atoms with E-state index in [0.29, 0.717) is 39.5 Å². The Morgan fingerprint density at radius 1 is 1.10 bits per heavy atom. The third kappa shape index (κ3) is 2.26. The fraction of sp³-hybridized carbons (Fsp3) is 0.533. The Labute approximate surface area is 140 Å². The lowest BCUT2D eigenvalue weighted by Crippen LogP contribution is -2.39. The van der Waals surface area contributed by atoms with Crippen LogP contribution in [0.3, 0.4) is 0 Å². The lowest BCUT2D eigenvalue weighted by Gasteiger charge is -2.25. The molecule has 3 heterocycles. The first-order chi connectivity index (χ1) is 9.66. The van der Waals surface area contributed by atoms with Crippen LogP contribution in [0, 0.1) is 11.8 Å². The van der Waals surface area contributed by atoms with Crippen molar-refractivity contribution in [3.63, 3.8) is 0 Å². The van der Waals surface area contributed by atoms with Crippen LogP contribution in [0.4, 0.5) is 0 Å². The topological polar surface area (TPSA) is 32.3 Å². The summed E-state index contributed by atoms with van der Waals surface area (Å²) in [6.45, 7) is 2.11. The highest BCUT2D eigenvalue weighted by Crippen LogP contribution is 2.47. The van der Waals surface area contributed by atoms with Gasteiger partial charge >= 0.3 is 0 Å². The smallest absolute Gasteiger partial charge is 0.254 e. The second-order valence-electron chi connectivity index (χ2n) is 6.04. The van der Waals surface area contributed by atoms with E-state index >= 15 is 0 Å². The Balaban J connectivity index is 0.00000132. The number of hydrogen-bond acceptors (Lipinski definition) is 2. The average molecular weight is 348 g/mol. The molecule has 0 aliphatic carbocycles. The van der Waals surface area contributed by atoms with Crippen molar-refractivity contribution in [1.82, 2.24) is 10.2 Å². The molecule has 0 spiro atoms. The van der Waals surface area contributed by atoms with Crippen LogP contribution in [0.15, 0.2) is 18.2 Å². The summed E-state index contributed by atoms with van der Waals surface area (Å²) in [6.07, 6.45) is 2.28. The van der Waals surface area contributed by atoms with Crippen molar-refractivity contribution < 1.29 is 4.79 Å². The summed E-state index contributed by atoms with van der Waals surface area (Å²) >= 11 is 12.0. The summed E-state index contributed by atoms with van der Waals surface area (Å²) < 4.78 is 0. The SMILES string of the molecule is Cl.O=C(c1ccc(Cl)c(Cl)c1)N1[C@@H]2CC[C@H]1[C@H]1CNC[C@H]12. The van der Waals surface area contributed by atoms with Crippen LogP contribution >= 0.6 is 35.6 Å². The highest BCUT2D eigenvalue weighted by atomic mass is 35.5. The monoisotopic (exact) mass is 346 g/mol. The van der Waals surface area contributed by atoms with Gasteiger partial charge in [-0.3, -0.25) is 4.79 Å². The first kappa shape index (κ1) is 15.4. The second kappa shape index (κ2) is 5.62. The minimum Gasteiger partial charge on any atom is -0.332 e. The predicted octanol–water partition coefficient (Wildman–Crippen LogP) is 3.24. The van der Waals surface area contributed by atoms with Crippen molar-refractivity contribution in [2.24, 2.45) is 11.8 Å². The zero-order chi connectivity index (χ0) is 13.9. The van der Waals surface area contributed by atoms with Gasteiger partial charge in [-0.05, 0) is 42.9 Å². The zero-order valence-corrected chi connectivity index (χ0v) is 13.7. The Bertz CT molecular complexity index is 562. The van der Waals surface area contributed by atoms with Crippen molar-refractivity contribution in [3.05, 3.63) is 33.8 Å². The van der Waals surface area contributed by atoms with E-state index < -0.39 is 0 Å². The number of halogens is 3. The van der Waals surface area contributed by atoms with E-state index in [2.05, 4.69) is 10.2 Å². The van der Waals surface area contributed by atoms with Crippen LogP contribution in [0.5, 0.6) is 0 Å². The molecule has 0 unspecified atom stereocenters. The first-order valence-corrected chi connectivity index (χ1v) is 7.91. The Morgan fingerprint density at radius 3 is 2.29 bits per heavy atom. The Hall–Kier alpha value is -0.480. The number of benzene rings is 1. The Morgan fingerprint density at radius 2 is 1.71 bits per heavy atom. The number of amides is 1. The lowest BCUT2D eigenvalue weighted by molar-refractivity contribution is 0.0709.